The van der Waals surface area contributed by atoms with Gasteiger partial charge in [-0.2, -0.15) is 0 Å². The summed E-state index contributed by atoms with van der Waals surface area (Å²) in [6.45, 7) is -0.140. The lowest BCUT2D eigenvalue weighted by molar-refractivity contribution is -0.109. The number of nitrogens with zero attached hydrogens (tertiary/aromatic N) is 1. The fourth-order valence-electron chi connectivity index (χ4n) is 1.41. The normalized spacial score (nSPS) is 10.2. The number of hydrogen-bond donors (Lipinski definition) is 1. The van der Waals surface area contributed by atoms with Gasteiger partial charge in [-0.15, -0.1) is 0 Å². The molecule has 0 saturated carbocycles. The Bertz CT molecular complexity index is 562. The van der Waals surface area contributed by atoms with E-state index in [0.29, 0.717) is 23.3 Å². The van der Waals surface area contributed by atoms with E-state index in [4.69, 9.17) is 9.15 Å². The molecule has 6 nitrogen and oxygen atoms in total. The van der Waals surface area contributed by atoms with Crippen LogP contribution in [0.15, 0.2) is 22.6 Å². The molecular formula is C11H10N2O4. The van der Waals surface area contributed by atoms with E-state index < -0.39 is 5.78 Å². The van der Waals surface area contributed by atoms with Crippen LogP contribution in [0.2, 0.25) is 0 Å². The van der Waals surface area contributed by atoms with Crippen LogP contribution in [0.3, 0.4) is 0 Å². The van der Waals surface area contributed by atoms with Crippen LogP contribution < -0.4 is 10.1 Å². The Morgan fingerprint density at radius 1 is 1.59 bits per heavy atom. The smallest absolute Gasteiger partial charge is 0.266 e. The fourth-order valence-corrected chi connectivity index (χ4v) is 1.41. The molecular weight excluding hydrogens is 224 g/mol. The first-order chi connectivity index (χ1) is 8.26. The number of para-hydroxylation sites is 1. The summed E-state index contributed by atoms with van der Waals surface area (Å²) in [6.07, 6.45) is 0.446. The first kappa shape index (κ1) is 11.1. The molecule has 1 heterocycles. The largest absolute Gasteiger partial charge is 0.493 e. The Balaban J connectivity index is 2.37. The highest BCUT2D eigenvalue weighted by atomic mass is 16.5. The minimum absolute atomic E-state index is 0.0427. The molecule has 1 N–H and O–H groups in total. The van der Waals surface area contributed by atoms with Crippen molar-refractivity contribution in [3.05, 3.63) is 24.1 Å². The van der Waals surface area contributed by atoms with E-state index in [1.807, 2.05) is 0 Å². The maximum absolute atomic E-state index is 11.6. The van der Waals surface area contributed by atoms with E-state index in [-0.39, 0.29) is 12.4 Å². The minimum Gasteiger partial charge on any atom is -0.493 e. The Morgan fingerprint density at radius 3 is 3.12 bits per heavy atom. The highest BCUT2D eigenvalue weighted by molar-refractivity contribution is 5.96. The van der Waals surface area contributed by atoms with E-state index in [1.165, 1.54) is 7.11 Å². The van der Waals surface area contributed by atoms with Crippen molar-refractivity contribution in [1.29, 1.82) is 0 Å². The average Bonchev–Trinajstić information content (AvgIpc) is 2.79. The summed E-state index contributed by atoms with van der Waals surface area (Å²) in [7, 11) is 1.51. The second-order valence-corrected chi connectivity index (χ2v) is 3.25. The maximum atomic E-state index is 11.6. The maximum Gasteiger partial charge on any atom is 0.266 e. The molecule has 0 unspecified atom stereocenters. The summed E-state index contributed by atoms with van der Waals surface area (Å²) in [5.41, 5.74) is 0.961. The van der Waals surface area contributed by atoms with Crippen molar-refractivity contribution in [2.75, 3.05) is 13.7 Å². The predicted molar refractivity (Wildman–Crippen MR) is 59.0 cm³/mol. The highest BCUT2D eigenvalue weighted by Gasteiger charge is 2.15. The van der Waals surface area contributed by atoms with E-state index in [1.54, 1.807) is 18.2 Å². The van der Waals surface area contributed by atoms with Gasteiger partial charge in [-0.1, -0.05) is 6.07 Å². The molecule has 1 aromatic carbocycles. The van der Waals surface area contributed by atoms with E-state index in [9.17, 15) is 9.59 Å². The number of benzene rings is 1. The number of Topliss-reactive ketones (excluding diaryl/α,β-unsaturated/α-hetero) is 1. The number of amides is 1. The summed E-state index contributed by atoms with van der Waals surface area (Å²) in [4.78, 5) is 25.7. The van der Waals surface area contributed by atoms with Gasteiger partial charge in [0, 0.05) is 0 Å². The lowest BCUT2D eigenvalue weighted by Crippen LogP contribution is -2.21. The second kappa shape index (κ2) is 4.65. The van der Waals surface area contributed by atoms with Gasteiger partial charge < -0.3 is 14.5 Å². The van der Waals surface area contributed by atoms with Crippen molar-refractivity contribution < 1.29 is 18.7 Å². The molecule has 0 bridgehead atoms. The number of hydrogen-bond acceptors (Lipinski definition) is 5. The number of methoxy groups -OCH3 is 1. The molecule has 2 rings (SSSR count). The van der Waals surface area contributed by atoms with Crippen molar-refractivity contribution in [2.45, 2.75) is 0 Å². The quantitative estimate of drug-likeness (QED) is 0.610. The molecule has 17 heavy (non-hydrogen) atoms. The van der Waals surface area contributed by atoms with Gasteiger partial charge in [0.15, 0.2) is 11.3 Å². The third-order valence-electron chi connectivity index (χ3n) is 2.18. The Morgan fingerprint density at radius 2 is 2.41 bits per heavy atom. The average molecular weight is 234 g/mol. The number of rotatable bonds is 5. The Labute approximate surface area is 96.6 Å². The summed E-state index contributed by atoms with van der Waals surface area (Å²) < 4.78 is 10.4. The summed E-state index contributed by atoms with van der Waals surface area (Å²) in [5, 5.41) is 2.26. The van der Waals surface area contributed by atoms with Gasteiger partial charge in [0.05, 0.1) is 13.7 Å². The molecule has 0 aliphatic rings. The molecule has 0 atom stereocenters. The Hall–Kier alpha value is -2.37. The van der Waals surface area contributed by atoms with Crippen molar-refractivity contribution in [3.63, 3.8) is 0 Å². The zero-order chi connectivity index (χ0) is 12.3. The first-order valence-electron chi connectivity index (χ1n) is 4.90. The standard InChI is InChI=1S/C11H10N2O4/c1-16-9-4-2-3-7-10(9)17-11(13-7)8(15)5-12-6-14/h2-4,6H,5H2,1H3,(H,12,14). The SMILES string of the molecule is COc1cccc2nc(C(=O)CNC=O)oc12. The third-order valence-corrected chi connectivity index (χ3v) is 2.18. The lowest BCUT2D eigenvalue weighted by Gasteiger charge is -1.97. The van der Waals surface area contributed by atoms with Gasteiger partial charge in [0.2, 0.25) is 12.2 Å². The van der Waals surface area contributed by atoms with Crippen molar-refractivity contribution >= 4 is 23.3 Å². The predicted octanol–water partition coefficient (Wildman–Crippen LogP) is 0.765. The molecule has 0 spiro atoms. The number of oxazole rings is 1. The molecule has 0 aliphatic heterocycles. The van der Waals surface area contributed by atoms with Crippen LogP contribution in [0.5, 0.6) is 5.75 Å². The van der Waals surface area contributed by atoms with Gasteiger partial charge >= 0.3 is 0 Å². The highest BCUT2D eigenvalue weighted by Crippen LogP contribution is 2.25. The second-order valence-electron chi connectivity index (χ2n) is 3.25. The number of ketones is 1. The molecule has 0 radical (unpaired) electrons. The van der Waals surface area contributed by atoms with Crippen LogP contribution in [0.4, 0.5) is 0 Å². The molecule has 6 heteroatoms. The topological polar surface area (TPSA) is 81.4 Å². The molecule has 88 valence electrons. The number of ether oxygens (including phenoxy) is 1. The van der Waals surface area contributed by atoms with Crippen LogP contribution >= 0.6 is 0 Å². The van der Waals surface area contributed by atoms with Crippen LogP contribution in [-0.4, -0.2) is 30.8 Å². The Kier molecular flexibility index (Phi) is 3.04. The first-order valence-corrected chi connectivity index (χ1v) is 4.90. The van der Waals surface area contributed by atoms with E-state index in [2.05, 4.69) is 10.3 Å². The van der Waals surface area contributed by atoms with Gasteiger partial charge in [0.25, 0.3) is 5.89 Å². The van der Waals surface area contributed by atoms with Crippen molar-refractivity contribution in [2.24, 2.45) is 0 Å². The van der Waals surface area contributed by atoms with Crippen LogP contribution in [0.25, 0.3) is 11.1 Å². The number of aromatic nitrogens is 1. The zero-order valence-electron chi connectivity index (χ0n) is 9.10. The number of fused-ring (bicyclic) bond motifs is 1. The van der Waals surface area contributed by atoms with Crippen molar-refractivity contribution in [1.82, 2.24) is 10.3 Å². The summed E-state index contributed by atoms with van der Waals surface area (Å²) in [6, 6.07) is 5.18. The molecule has 1 aromatic heterocycles. The number of carbonyl (C=O) groups is 2. The van der Waals surface area contributed by atoms with Gasteiger partial charge in [-0.05, 0) is 12.1 Å². The molecule has 0 fully saturated rings. The molecule has 0 saturated heterocycles. The summed E-state index contributed by atoms with van der Waals surface area (Å²) in [5.74, 6) is 0.0756. The van der Waals surface area contributed by atoms with Crippen LogP contribution in [0.1, 0.15) is 10.7 Å². The molecule has 2 aromatic rings. The van der Waals surface area contributed by atoms with Crippen molar-refractivity contribution in [3.8, 4) is 5.75 Å². The zero-order valence-corrected chi connectivity index (χ0v) is 9.10. The molecule has 0 aliphatic carbocycles. The monoisotopic (exact) mass is 234 g/mol. The minimum atomic E-state index is -0.393. The van der Waals surface area contributed by atoms with E-state index >= 15 is 0 Å². The summed E-state index contributed by atoms with van der Waals surface area (Å²) >= 11 is 0. The van der Waals surface area contributed by atoms with Gasteiger partial charge in [-0.3, -0.25) is 9.59 Å². The number of carbonyl (C=O) groups excluding carboxylic acids is 2. The fraction of sp³-hybridized carbons (Fsp3) is 0.182. The van der Waals surface area contributed by atoms with E-state index in [0.717, 1.165) is 0 Å². The number of nitrogens with one attached hydrogen (secondary N) is 1. The van der Waals surface area contributed by atoms with Gasteiger partial charge in [-0.25, -0.2) is 4.98 Å². The lowest BCUT2D eigenvalue weighted by atomic mass is 10.3. The van der Waals surface area contributed by atoms with Crippen LogP contribution in [-0.2, 0) is 4.79 Å². The van der Waals surface area contributed by atoms with Gasteiger partial charge in [0.1, 0.15) is 5.52 Å². The third kappa shape index (κ3) is 2.10. The van der Waals surface area contributed by atoms with Crippen LogP contribution in [0, 0.1) is 0 Å². The molecule has 1 amide bonds.